The number of likely N-dealkylation sites (N-methyl/N-ethyl adjacent to an activating group) is 2. The van der Waals surface area contributed by atoms with E-state index in [2.05, 4.69) is 4.74 Å². The van der Waals surface area contributed by atoms with Gasteiger partial charge in [-0.1, -0.05) is 30.3 Å². The highest BCUT2D eigenvalue weighted by Gasteiger charge is 2.65. The Bertz CT molecular complexity index is 894. The largest absolute Gasteiger partial charge is 0.467 e. The minimum atomic E-state index is -1.81. The molecule has 7 atom stereocenters. The molecule has 11 heteroatoms. The molecule has 34 heavy (non-hydrogen) atoms. The van der Waals surface area contributed by atoms with Crippen LogP contribution >= 0.6 is 0 Å². The van der Waals surface area contributed by atoms with Crippen molar-refractivity contribution in [2.24, 2.45) is 0 Å². The summed E-state index contributed by atoms with van der Waals surface area (Å²) in [6.45, 7) is 4.80. The van der Waals surface area contributed by atoms with Gasteiger partial charge in [0.15, 0.2) is 6.10 Å². The average Bonchev–Trinajstić information content (AvgIpc) is 3.61. The van der Waals surface area contributed by atoms with Crippen LogP contribution in [-0.4, -0.2) is 107 Å². The van der Waals surface area contributed by atoms with E-state index in [-0.39, 0.29) is 5.91 Å². The molecule has 0 bridgehead atoms. The molecule has 2 fully saturated rings. The van der Waals surface area contributed by atoms with Crippen molar-refractivity contribution in [3.8, 4) is 0 Å². The van der Waals surface area contributed by atoms with Gasteiger partial charge in [0.05, 0.1) is 18.6 Å². The van der Waals surface area contributed by atoms with Gasteiger partial charge in [-0.3, -0.25) is 4.79 Å². The van der Waals surface area contributed by atoms with Crippen LogP contribution in [0.4, 0.5) is 4.79 Å². The normalized spacial score (nSPS) is 32.4. The highest BCUT2D eigenvalue weighted by atomic mass is 16.7. The van der Waals surface area contributed by atoms with Gasteiger partial charge in [0.1, 0.15) is 18.3 Å². The summed E-state index contributed by atoms with van der Waals surface area (Å²) in [5.74, 6) is -1.10. The predicted molar refractivity (Wildman–Crippen MR) is 117 cm³/mol. The number of aliphatic hydroxyl groups excluding tert-OH is 3. The summed E-state index contributed by atoms with van der Waals surface area (Å²) in [7, 11) is 2.53. The summed E-state index contributed by atoms with van der Waals surface area (Å²) in [5, 5.41) is 30.3. The molecule has 1 saturated carbocycles. The maximum atomic E-state index is 13.5. The van der Waals surface area contributed by atoms with Crippen LogP contribution < -0.4 is 0 Å². The first-order valence-corrected chi connectivity index (χ1v) is 11.2. The van der Waals surface area contributed by atoms with Crippen LogP contribution in [0.3, 0.4) is 0 Å². The van der Waals surface area contributed by atoms with E-state index in [9.17, 15) is 29.7 Å². The van der Waals surface area contributed by atoms with E-state index in [0.29, 0.717) is 19.5 Å². The summed E-state index contributed by atoms with van der Waals surface area (Å²) in [6, 6.07) is 8.65. The molecule has 0 spiro atoms. The number of nitrogens with zero attached hydrogens (tertiary/aromatic N) is 2. The van der Waals surface area contributed by atoms with Crippen LogP contribution in [-0.2, 0) is 29.2 Å². The maximum Gasteiger partial charge on any atom is 0.412 e. The number of hydrogen-bond acceptors (Lipinski definition) is 9. The second-order valence-corrected chi connectivity index (χ2v) is 8.45. The number of amides is 2. The minimum Gasteiger partial charge on any atom is -0.467 e. The molecule has 0 unspecified atom stereocenters. The highest BCUT2D eigenvalue weighted by molar-refractivity contribution is 5.94. The van der Waals surface area contributed by atoms with E-state index in [1.807, 2.05) is 44.2 Å². The molecule has 3 N–H and O–H groups in total. The zero-order valence-electron chi connectivity index (χ0n) is 19.7. The Hall–Kier alpha value is -2.73. The summed E-state index contributed by atoms with van der Waals surface area (Å²) in [4.78, 5) is 41.2. The van der Waals surface area contributed by atoms with Crippen LogP contribution in [0, 0.1) is 0 Å². The van der Waals surface area contributed by atoms with E-state index in [1.54, 1.807) is 4.90 Å². The number of hydrogen-bond donors (Lipinski definition) is 3. The zero-order chi connectivity index (χ0) is 25.2. The molecular weight excluding hydrogens is 448 g/mol. The lowest BCUT2D eigenvalue weighted by Crippen LogP contribution is -2.61. The van der Waals surface area contributed by atoms with E-state index in [1.165, 1.54) is 11.9 Å². The van der Waals surface area contributed by atoms with Gasteiger partial charge in [0, 0.05) is 20.1 Å². The first kappa shape index (κ1) is 25.9. The fraction of sp³-hybridized carbons (Fsp3) is 0.609. The van der Waals surface area contributed by atoms with Crippen LogP contribution in [0.2, 0.25) is 0 Å². The Labute approximate surface area is 197 Å². The van der Waals surface area contributed by atoms with Gasteiger partial charge in [-0.15, -0.1) is 0 Å². The van der Waals surface area contributed by atoms with Gasteiger partial charge in [-0.05, 0) is 25.8 Å². The van der Waals surface area contributed by atoms with Gasteiger partial charge in [0.25, 0.3) is 0 Å². The average molecular weight is 481 g/mol. The van der Waals surface area contributed by atoms with Crippen molar-refractivity contribution >= 4 is 18.0 Å². The fourth-order valence-corrected chi connectivity index (χ4v) is 4.47. The molecule has 1 aliphatic heterocycles. The van der Waals surface area contributed by atoms with Crippen molar-refractivity contribution in [3.05, 3.63) is 35.9 Å². The maximum absolute atomic E-state index is 13.5. The van der Waals surface area contributed by atoms with Gasteiger partial charge >= 0.3 is 12.1 Å². The van der Waals surface area contributed by atoms with Crippen LogP contribution in [0.25, 0.3) is 0 Å². The number of carbonyl (C=O) groups excluding carboxylic acids is 3. The standard InChI is InChI=1S/C23H32N2O9/c1-5-25(6-2)21(30)23(13-10-8-7-9-11-13)12-14(23)24(3)22(31)34-20-17(28)15(26)16(27)18(33-20)19(29)32-4/h7-11,14-18,20,26-28H,5-6,12H2,1-4H3/t14-,15-,16-,17+,18-,20-,23+/m0/s1. The Kier molecular flexibility index (Phi) is 7.81. The number of methoxy groups -OCH3 is 1. The summed E-state index contributed by atoms with van der Waals surface area (Å²) in [5.41, 5.74) is -0.174. The quantitative estimate of drug-likeness (QED) is 0.444. The lowest BCUT2D eigenvalue weighted by atomic mass is 9.93. The number of rotatable bonds is 7. The van der Waals surface area contributed by atoms with Gasteiger partial charge in [-0.2, -0.15) is 0 Å². The molecule has 1 aromatic rings. The lowest BCUT2D eigenvalue weighted by Gasteiger charge is -2.39. The minimum absolute atomic E-state index is 0.105. The van der Waals surface area contributed by atoms with Crippen molar-refractivity contribution in [3.63, 3.8) is 0 Å². The molecule has 11 nitrogen and oxygen atoms in total. The Balaban J connectivity index is 1.79. The molecule has 1 saturated heterocycles. The molecule has 1 aromatic carbocycles. The van der Waals surface area contributed by atoms with Crippen molar-refractivity contribution < 1.29 is 43.9 Å². The van der Waals surface area contributed by atoms with E-state index >= 15 is 0 Å². The van der Waals surface area contributed by atoms with Crippen LogP contribution in [0.1, 0.15) is 25.8 Å². The molecule has 188 valence electrons. The molecule has 3 rings (SSSR count). The van der Waals surface area contributed by atoms with Crippen LogP contribution in [0.5, 0.6) is 0 Å². The van der Waals surface area contributed by atoms with Crippen molar-refractivity contribution in [2.45, 2.75) is 62.4 Å². The third kappa shape index (κ3) is 4.48. The molecule has 0 aromatic heterocycles. The zero-order valence-corrected chi connectivity index (χ0v) is 19.7. The number of esters is 1. The summed E-state index contributed by atoms with van der Waals surface area (Å²) in [6.07, 6.45) is -9.32. The second-order valence-electron chi connectivity index (χ2n) is 8.45. The molecular formula is C23H32N2O9. The highest BCUT2D eigenvalue weighted by Crippen LogP contribution is 2.52. The molecule has 1 heterocycles. The molecule has 2 amide bonds. The first-order valence-electron chi connectivity index (χ1n) is 11.2. The molecule has 0 radical (unpaired) electrons. The van der Waals surface area contributed by atoms with Gasteiger partial charge < -0.3 is 39.3 Å². The van der Waals surface area contributed by atoms with Crippen LogP contribution in [0.15, 0.2) is 30.3 Å². The van der Waals surface area contributed by atoms with Gasteiger partial charge in [-0.25, -0.2) is 9.59 Å². The number of carbonyl (C=O) groups is 3. The summed E-state index contributed by atoms with van der Waals surface area (Å²) < 4.78 is 15.0. The number of ether oxygens (including phenoxy) is 3. The lowest BCUT2D eigenvalue weighted by molar-refractivity contribution is -0.280. The third-order valence-corrected chi connectivity index (χ3v) is 6.62. The Morgan fingerprint density at radius 2 is 1.68 bits per heavy atom. The fourth-order valence-electron chi connectivity index (χ4n) is 4.47. The predicted octanol–water partition coefficient (Wildman–Crippen LogP) is -0.386. The Morgan fingerprint density at radius 3 is 2.24 bits per heavy atom. The monoisotopic (exact) mass is 480 g/mol. The second kappa shape index (κ2) is 10.3. The topological polar surface area (TPSA) is 146 Å². The number of aliphatic hydroxyl groups is 3. The first-order chi connectivity index (χ1) is 16.1. The van der Waals surface area contributed by atoms with Crippen molar-refractivity contribution in [1.29, 1.82) is 0 Å². The van der Waals surface area contributed by atoms with Crippen molar-refractivity contribution in [1.82, 2.24) is 9.80 Å². The smallest absolute Gasteiger partial charge is 0.412 e. The SMILES string of the molecule is CCN(CC)C(=O)[C@@]1(c2ccccc2)C[C@@H]1N(C)C(=O)O[C@@H]1O[C@H](C(=O)OC)[C@@H](O)[C@H](O)[C@H]1O. The third-order valence-electron chi connectivity index (χ3n) is 6.62. The van der Waals surface area contributed by atoms with Gasteiger partial charge in [0.2, 0.25) is 12.2 Å². The summed E-state index contributed by atoms with van der Waals surface area (Å²) >= 11 is 0. The van der Waals surface area contributed by atoms with Crippen molar-refractivity contribution in [2.75, 3.05) is 27.2 Å². The molecule has 2 aliphatic rings. The van der Waals surface area contributed by atoms with E-state index in [4.69, 9.17) is 9.47 Å². The van der Waals surface area contributed by atoms with E-state index < -0.39 is 54.2 Å². The molecule has 1 aliphatic carbocycles. The van der Waals surface area contributed by atoms with E-state index in [0.717, 1.165) is 12.7 Å². The Morgan fingerprint density at radius 1 is 1.06 bits per heavy atom. The number of benzene rings is 1.